The Bertz CT molecular complexity index is 754. The van der Waals surface area contributed by atoms with Gasteiger partial charge in [-0.3, -0.25) is 0 Å². The number of nitrogens with one attached hydrogen (secondary N) is 2. The fraction of sp³-hybridized carbons (Fsp3) is 0.524. The summed E-state index contributed by atoms with van der Waals surface area (Å²) >= 11 is 1.78. The van der Waals surface area contributed by atoms with Gasteiger partial charge in [0, 0.05) is 30.0 Å². The lowest BCUT2D eigenvalue weighted by Crippen LogP contribution is -2.38. The van der Waals surface area contributed by atoms with Crippen molar-refractivity contribution in [2.24, 2.45) is 10.9 Å². The van der Waals surface area contributed by atoms with E-state index in [0.717, 1.165) is 55.0 Å². The van der Waals surface area contributed by atoms with Crippen LogP contribution in [0.2, 0.25) is 0 Å². The number of hydrogen-bond acceptors (Lipinski definition) is 4. The summed E-state index contributed by atoms with van der Waals surface area (Å²) in [7, 11) is 0. The molecule has 1 fully saturated rings. The molecule has 0 radical (unpaired) electrons. The molecule has 0 atom stereocenters. The van der Waals surface area contributed by atoms with Crippen molar-refractivity contribution in [3.8, 4) is 5.75 Å². The Hall–Kier alpha value is -1.35. The Kier molecular flexibility index (Phi) is 9.50. The maximum atomic E-state index is 5.99. The van der Waals surface area contributed by atoms with Crippen LogP contribution in [0.25, 0.3) is 0 Å². The highest BCUT2D eigenvalue weighted by molar-refractivity contribution is 14.0. The van der Waals surface area contributed by atoms with E-state index in [2.05, 4.69) is 42.5 Å². The first-order valence-electron chi connectivity index (χ1n) is 9.81. The average molecular weight is 514 g/mol. The van der Waals surface area contributed by atoms with Crippen LogP contribution >= 0.6 is 35.3 Å². The molecule has 7 heteroatoms. The number of ether oxygens (including phenoxy) is 1. The zero-order valence-electron chi connectivity index (χ0n) is 17.0. The molecule has 1 saturated carbocycles. The zero-order valence-corrected chi connectivity index (χ0v) is 20.1. The van der Waals surface area contributed by atoms with Gasteiger partial charge in [-0.15, -0.1) is 35.3 Å². The Morgan fingerprint density at radius 1 is 1.25 bits per heavy atom. The van der Waals surface area contributed by atoms with Gasteiger partial charge in [-0.05, 0) is 45.6 Å². The fourth-order valence-corrected chi connectivity index (χ4v) is 3.64. The van der Waals surface area contributed by atoms with Gasteiger partial charge in [0.1, 0.15) is 5.75 Å². The Labute approximate surface area is 189 Å². The molecule has 1 aliphatic rings. The number of guanidine groups is 1. The van der Waals surface area contributed by atoms with E-state index in [-0.39, 0.29) is 24.0 Å². The lowest BCUT2D eigenvalue weighted by molar-refractivity contribution is 0.297. The molecule has 0 unspecified atom stereocenters. The van der Waals surface area contributed by atoms with Crippen molar-refractivity contribution in [1.82, 2.24) is 15.6 Å². The van der Waals surface area contributed by atoms with E-state index in [4.69, 9.17) is 9.73 Å². The third-order valence-corrected chi connectivity index (χ3v) is 5.73. The smallest absolute Gasteiger partial charge is 0.191 e. The normalized spacial score (nSPS) is 13.8. The molecule has 1 aliphatic carbocycles. The largest absolute Gasteiger partial charge is 0.493 e. The molecule has 0 aliphatic heterocycles. The number of aliphatic imine (C=N–C) groups is 1. The topological polar surface area (TPSA) is 58.5 Å². The monoisotopic (exact) mass is 514 g/mol. The minimum absolute atomic E-state index is 0. The van der Waals surface area contributed by atoms with Crippen molar-refractivity contribution in [1.29, 1.82) is 0 Å². The highest BCUT2D eigenvalue weighted by atomic mass is 127. The number of para-hydroxylation sites is 1. The fourth-order valence-electron chi connectivity index (χ4n) is 2.71. The molecule has 154 valence electrons. The quantitative estimate of drug-likeness (QED) is 0.295. The van der Waals surface area contributed by atoms with E-state index in [1.54, 1.807) is 11.3 Å². The molecule has 28 heavy (non-hydrogen) atoms. The second-order valence-corrected chi connectivity index (χ2v) is 8.27. The summed E-state index contributed by atoms with van der Waals surface area (Å²) in [6.45, 7) is 9.35. The molecule has 0 spiro atoms. The summed E-state index contributed by atoms with van der Waals surface area (Å²) in [4.78, 5) is 10.6. The summed E-state index contributed by atoms with van der Waals surface area (Å²) in [5.74, 6) is 2.54. The molecule has 3 rings (SSSR count). The van der Waals surface area contributed by atoms with Gasteiger partial charge in [-0.25, -0.2) is 9.98 Å². The minimum atomic E-state index is 0. The lowest BCUT2D eigenvalue weighted by atomic mass is 10.2. The molecular formula is C21H31IN4OS. The number of nitrogens with zero attached hydrogens (tertiary/aromatic N) is 2. The van der Waals surface area contributed by atoms with E-state index >= 15 is 0 Å². The average Bonchev–Trinajstić information content (AvgIpc) is 3.43. The first kappa shape index (κ1) is 22.9. The number of hydrogen-bond donors (Lipinski definition) is 2. The second kappa shape index (κ2) is 11.6. The first-order valence-corrected chi connectivity index (χ1v) is 10.6. The molecule has 2 N–H and O–H groups in total. The van der Waals surface area contributed by atoms with Crippen molar-refractivity contribution in [3.63, 3.8) is 0 Å². The van der Waals surface area contributed by atoms with Gasteiger partial charge >= 0.3 is 0 Å². The van der Waals surface area contributed by atoms with E-state index in [1.165, 1.54) is 22.7 Å². The molecule has 1 heterocycles. The summed E-state index contributed by atoms with van der Waals surface area (Å²) in [5, 5.41) is 7.90. The van der Waals surface area contributed by atoms with Gasteiger partial charge in [0.2, 0.25) is 0 Å². The lowest BCUT2D eigenvalue weighted by Gasteiger charge is -2.12. The third-order valence-electron chi connectivity index (χ3n) is 4.60. The maximum absolute atomic E-state index is 5.99. The minimum Gasteiger partial charge on any atom is -0.493 e. The van der Waals surface area contributed by atoms with Crippen LogP contribution in [-0.4, -0.2) is 30.6 Å². The van der Waals surface area contributed by atoms with Crippen LogP contribution in [0.15, 0.2) is 29.3 Å². The van der Waals surface area contributed by atoms with Crippen molar-refractivity contribution in [3.05, 3.63) is 45.4 Å². The molecule has 2 aromatic rings. The van der Waals surface area contributed by atoms with Crippen LogP contribution in [0.5, 0.6) is 5.75 Å². The molecule has 1 aromatic heterocycles. The number of halogens is 1. The number of thiazole rings is 1. The second-order valence-electron chi connectivity index (χ2n) is 6.98. The predicted molar refractivity (Wildman–Crippen MR) is 128 cm³/mol. The van der Waals surface area contributed by atoms with Gasteiger partial charge in [-0.2, -0.15) is 0 Å². The molecular weight excluding hydrogens is 483 g/mol. The highest BCUT2D eigenvalue weighted by Gasteiger charge is 2.22. The van der Waals surface area contributed by atoms with Crippen LogP contribution in [0.4, 0.5) is 0 Å². The van der Waals surface area contributed by atoms with Crippen molar-refractivity contribution in [2.75, 3.05) is 19.7 Å². The zero-order chi connectivity index (χ0) is 19.1. The van der Waals surface area contributed by atoms with Crippen LogP contribution in [-0.2, 0) is 13.0 Å². The van der Waals surface area contributed by atoms with Gasteiger partial charge < -0.3 is 15.4 Å². The van der Waals surface area contributed by atoms with Crippen LogP contribution in [0.1, 0.15) is 40.9 Å². The van der Waals surface area contributed by atoms with E-state index in [0.29, 0.717) is 6.54 Å². The van der Waals surface area contributed by atoms with Gasteiger partial charge in [0.15, 0.2) is 5.96 Å². The summed E-state index contributed by atoms with van der Waals surface area (Å²) in [5.41, 5.74) is 2.26. The number of aromatic nitrogens is 1. The molecule has 0 saturated heterocycles. The third kappa shape index (κ3) is 7.24. The van der Waals surface area contributed by atoms with Crippen molar-refractivity contribution >= 4 is 41.3 Å². The van der Waals surface area contributed by atoms with Crippen LogP contribution in [0, 0.1) is 19.8 Å². The van der Waals surface area contributed by atoms with E-state index in [9.17, 15) is 0 Å². The predicted octanol–water partition coefficient (Wildman–Crippen LogP) is 4.46. The van der Waals surface area contributed by atoms with Gasteiger partial charge in [0.05, 0.1) is 23.9 Å². The Balaban J connectivity index is 0.00000280. The van der Waals surface area contributed by atoms with E-state index < -0.39 is 0 Å². The van der Waals surface area contributed by atoms with Crippen LogP contribution < -0.4 is 15.4 Å². The highest BCUT2D eigenvalue weighted by Crippen LogP contribution is 2.30. The number of aryl methyl sites for hydroxylation is 2. The molecule has 1 aromatic carbocycles. The molecule has 0 bridgehead atoms. The van der Waals surface area contributed by atoms with Gasteiger partial charge in [-0.1, -0.05) is 18.2 Å². The number of benzene rings is 1. The SMILES string of the molecule is CCNC(=NCc1ccccc1OCC1CC1)NCCc1nc(C)c(C)s1.I. The number of rotatable bonds is 9. The maximum Gasteiger partial charge on any atom is 0.191 e. The standard InChI is InChI=1S/C21H30N4OS.HI/c1-4-22-21(23-12-11-20-25-15(2)16(3)27-20)24-13-18-7-5-6-8-19(18)26-14-17-9-10-17;/h5-8,17H,4,9-14H2,1-3H3,(H2,22,23,24);1H. The van der Waals surface area contributed by atoms with Crippen molar-refractivity contribution in [2.45, 2.75) is 46.6 Å². The van der Waals surface area contributed by atoms with Gasteiger partial charge in [0.25, 0.3) is 0 Å². The van der Waals surface area contributed by atoms with Crippen molar-refractivity contribution < 1.29 is 4.74 Å². The Morgan fingerprint density at radius 3 is 2.71 bits per heavy atom. The van der Waals surface area contributed by atoms with E-state index in [1.807, 2.05) is 18.2 Å². The first-order chi connectivity index (χ1) is 13.2. The summed E-state index contributed by atoms with van der Waals surface area (Å²) in [6.07, 6.45) is 3.50. The molecule has 0 amide bonds. The summed E-state index contributed by atoms with van der Waals surface area (Å²) in [6, 6.07) is 8.20. The van der Waals surface area contributed by atoms with Crippen LogP contribution in [0.3, 0.4) is 0 Å². The summed E-state index contributed by atoms with van der Waals surface area (Å²) < 4.78 is 5.99. The molecule has 5 nitrogen and oxygen atoms in total. The Morgan fingerprint density at radius 2 is 2.04 bits per heavy atom.